The number of aliphatic hydroxyl groups excluding tert-OH is 2. The number of hydrogen-bond donors (Lipinski definition) is 3. The van der Waals surface area contributed by atoms with Crippen LogP contribution in [0, 0.1) is 0 Å². The van der Waals surface area contributed by atoms with E-state index in [1.54, 1.807) is 0 Å². The van der Waals surface area contributed by atoms with Crippen LogP contribution in [0.2, 0.25) is 0 Å². The third-order valence-electron chi connectivity index (χ3n) is 16.4. The molecule has 6 atom stereocenters. The smallest absolute Gasteiger partial charge is 0.335 e. The first-order chi connectivity index (χ1) is 41.6. The number of aliphatic hydroxyl groups is 2. The quantitative estimate of drug-likeness (QED) is 0.0228. The summed E-state index contributed by atoms with van der Waals surface area (Å²) in [4.78, 5) is 51.5. The summed E-state index contributed by atoms with van der Waals surface area (Å²) in [5, 5.41) is 31.7. The van der Waals surface area contributed by atoms with E-state index in [1.807, 2.05) is 0 Å². The van der Waals surface area contributed by atoms with E-state index in [0.717, 1.165) is 89.9 Å². The lowest BCUT2D eigenvalue weighted by atomic mass is 9.98. The average molecular weight is 1200 g/mol. The molecule has 85 heavy (non-hydrogen) atoms. The molecule has 1 aliphatic rings. The van der Waals surface area contributed by atoms with Crippen LogP contribution in [-0.4, -0.2) is 89.2 Å². The minimum Gasteiger partial charge on any atom is -0.479 e. The van der Waals surface area contributed by atoms with Gasteiger partial charge in [0.05, 0.1) is 6.61 Å². The molecule has 6 unspecified atom stereocenters. The molecule has 0 aliphatic carbocycles. The Morgan fingerprint density at radius 1 is 0.388 bits per heavy atom. The molecule has 12 heteroatoms. The molecule has 0 bridgehead atoms. The summed E-state index contributed by atoms with van der Waals surface area (Å²) in [6.07, 6.45) is 63.4. The van der Waals surface area contributed by atoms with Crippen LogP contribution in [0.25, 0.3) is 0 Å². The van der Waals surface area contributed by atoms with Gasteiger partial charge in [0.2, 0.25) is 0 Å². The first kappa shape index (κ1) is 79.7. The molecule has 0 aromatic heterocycles. The van der Waals surface area contributed by atoms with Crippen molar-refractivity contribution in [3.63, 3.8) is 0 Å². The SMILES string of the molecule is CCCCC/C=C\C/C=C\CCCCCCCCCCCC(=O)OCC(COC1OC(C(=O)O)C(O)C(O)C1OC(=O)CCCCCCCCCCCCCCCCCCC)OC(=O)CCCCCCCCCCC/C=C\C/C=C\CCCCC. The molecule has 0 saturated carbocycles. The van der Waals surface area contributed by atoms with Crippen LogP contribution in [0.5, 0.6) is 0 Å². The maximum atomic E-state index is 13.3. The molecule has 0 amide bonds. The highest BCUT2D eigenvalue weighted by atomic mass is 16.7. The Bertz CT molecular complexity index is 1660. The largest absolute Gasteiger partial charge is 0.479 e. The number of carboxylic acid groups (broad SMARTS) is 1. The van der Waals surface area contributed by atoms with Gasteiger partial charge in [0.25, 0.3) is 0 Å². The topological polar surface area (TPSA) is 175 Å². The summed E-state index contributed by atoms with van der Waals surface area (Å²) in [5.41, 5.74) is 0. The van der Waals surface area contributed by atoms with Crippen LogP contribution in [0.4, 0.5) is 0 Å². The van der Waals surface area contributed by atoms with Crippen molar-refractivity contribution in [2.24, 2.45) is 0 Å². The number of ether oxygens (including phenoxy) is 5. The molecule has 1 rings (SSSR count). The van der Waals surface area contributed by atoms with E-state index in [2.05, 4.69) is 69.4 Å². The predicted octanol–water partition coefficient (Wildman–Crippen LogP) is 19.7. The van der Waals surface area contributed by atoms with Crippen LogP contribution >= 0.6 is 0 Å². The fourth-order valence-corrected chi connectivity index (χ4v) is 10.9. The molecule has 12 nitrogen and oxygen atoms in total. The number of allylic oxidation sites excluding steroid dienone is 8. The molecular weight excluding hydrogens is 1070 g/mol. The zero-order valence-electron chi connectivity index (χ0n) is 54.9. The van der Waals surface area contributed by atoms with E-state index < -0.39 is 67.3 Å². The van der Waals surface area contributed by atoms with Gasteiger partial charge in [-0.1, -0.05) is 288 Å². The zero-order chi connectivity index (χ0) is 61.7. The molecule has 1 saturated heterocycles. The standard InChI is InChI=1S/C73H130O12/c1-4-7-10-13-16-19-22-25-28-31-33-36-38-41-44-47-50-53-56-59-65(74)81-62-64(83-66(75)60-57-54-51-48-45-42-40-37-34-32-29-26-23-20-17-14-11-8-5-2)63-82-73-71(69(78)68(77)70(85-73)72(79)80)84-67(76)61-58-55-52-49-46-43-39-35-30-27-24-21-18-15-12-9-6-3/h16-17,19-20,25-26,28-29,64,68-71,73,77-78H,4-15,18,21-24,27,30-63H2,1-3H3,(H,79,80)/b19-16-,20-17-,28-25-,29-26-. The predicted molar refractivity (Wildman–Crippen MR) is 349 cm³/mol. The summed E-state index contributed by atoms with van der Waals surface area (Å²) >= 11 is 0. The van der Waals surface area contributed by atoms with Crippen LogP contribution in [-0.2, 0) is 42.9 Å². The minimum atomic E-state index is -1.90. The molecular formula is C73H130O12. The van der Waals surface area contributed by atoms with Gasteiger partial charge in [-0.05, 0) is 83.5 Å². The summed E-state index contributed by atoms with van der Waals surface area (Å²) in [5.74, 6) is -3.09. The van der Waals surface area contributed by atoms with Crippen molar-refractivity contribution >= 4 is 23.9 Å². The van der Waals surface area contributed by atoms with Crippen LogP contribution in [0.3, 0.4) is 0 Å². The number of carbonyl (C=O) groups is 4. The van der Waals surface area contributed by atoms with E-state index in [-0.39, 0.29) is 25.9 Å². The first-order valence-electron chi connectivity index (χ1n) is 35.6. The van der Waals surface area contributed by atoms with Gasteiger partial charge in [0.1, 0.15) is 18.8 Å². The van der Waals surface area contributed by atoms with Gasteiger partial charge in [0.15, 0.2) is 24.6 Å². The second-order valence-corrected chi connectivity index (χ2v) is 24.5. The second kappa shape index (κ2) is 60.9. The van der Waals surface area contributed by atoms with Crippen molar-refractivity contribution in [3.8, 4) is 0 Å². The number of hydrogen-bond acceptors (Lipinski definition) is 11. The van der Waals surface area contributed by atoms with Crippen molar-refractivity contribution in [2.75, 3.05) is 13.2 Å². The number of carboxylic acids is 1. The van der Waals surface area contributed by atoms with Crippen molar-refractivity contribution in [2.45, 2.75) is 379 Å². The van der Waals surface area contributed by atoms with Crippen LogP contribution in [0.15, 0.2) is 48.6 Å². The van der Waals surface area contributed by atoms with Crippen LogP contribution in [0.1, 0.15) is 342 Å². The van der Waals surface area contributed by atoms with Gasteiger partial charge < -0.3 is 39.0 Å². The minimum absolute atomic E-state index is 0.0648. The molecule has 1 aliphatic heterocycles. The third-order valence-corrected chi connectivity index (χ3v) is 16.4. The summed E-state index contributed by atoms with van der Waals surface area (Å²) < 4.78 is 28.7. The van der Waals surface area contributed by atoms with Gasteiger partial charge in [-0.3, -0.25) is 14.4 Å². The molecule has 1 fully saturated rings. The second-order valence-electron chi connectivity index (χ2n) is 24.5. The molecule has 0 radical (unpaired) electrons. The third kappa shape index (κ3) is 50.3. The van der Waals surface area contributed by atoms with Gasteiger partial charge in [-0.25, -0.2) is 4.79 Å². The van der Waals surface area contributed by atoms with Gasteiger partial charge in [0, 0.05) is 19.3 Å². The summed E-state index contributed by atoms with van der Waals surface area (Å²) in [7, 11) is 0. The molecule has 0 aromatic rings. The number of rotatable bonds is 62. The highest BCUT2D eigenvalue weighted by Crippen LogP contribution is 2.27. The number of aliphatic carboxylic acids is 1. The molecule has 0 spiro atoms. The van der Waals surface area contributed by atoms with Gasteiger partial charge in [-0.2, -0.15) is 0 Å². The Labute approximate surface area is 520 Å². The first-order valence-corrected chi connectivity index (χ1v) is 35.6. The van der Waals surface area contributed by atoms with Gasteiger partial charge in [-0.15, -0.1) is 0 Å². The van der Waals surface area contributed by atoms with Crippen molar-refractivity contribution in [3.05, 3.63) is 48.6 Å². The van der Waals surface area contributed by atoms with E-state index in [4.69, 9.17) is 23.7 Å². The Balaban J connectivity index is 2.62. The molecule has 494 valence electrons. The van der Waals surface area contributed by atoms with Crippen molar-refractivity contribution in [1.82, 2.24) is 0 Å². The lowest BCUT2D eigenvalue weighted by molar-refractivity contribution is -0.301. The summed E-state index contributed by atoms with van der Waals surface area (Å²) in [6.45, 7) is 6.01. The van der Waals surface area contributed by atoms with Crippen molar-refractivity contribution in [1.29, 1.82) is 0 Å². The Kier molecular flexibility index (Phi) is 57.1. The fourth-order valence-electron chi connectivity index (χ4n) is 10.9. The molecule has 0 aromatic carbocycles. The Morgan fingerprint density at radius 2 is 0.706 bits per heavy atom. The number of esters is 3. The highest BCUT2D eigenvalue weighted by molar-refractivity contribution is 5.74. The van der Waals surface area contributed by atoms with Gasteiger partial charge >= 0.3 is 23.9 Å². The van der Waals surface area contributed by atoms with E-state index >= 15 is 0 Å². The van der Waals surface area contributed by atoms with E-state index in [1.165, 1.54) is 193 Å². The number of carbonyl (C=O) groups excluding carboxylic acids is 3. The highest BCUT2D eigenvalue weighted by Gasteiger charge is 2.50. The monoisotopic (exact) mass is 1200 g/mol. The normalized spacial score (nSPS) is 17.7. The maximum Gasteiger partial charge on any atom is 0.335 e. The average Bonchev–Trinajstić information content (AvgIpc) is 3.46. The fraction of sp³-hybridized carbons (Fsp3) is 0.836. The lowest BCUT2D eigenvalue weighted by Crippen LogP contribution is -2.61. The number of unbranched alkanes of at least 4 members (excludes halogenated alkanes) is 40. The molecule has 3 N–H and O–H groups in total. The maximum absolute atomic E-state index is 13.3. The Hall–Kier alpha value is -3.32. The van der Waals surface area contributed by atoms with E-state index in [0.29, 0.717) is 19.3 Å². The Morgan fingerprint density at radius 3 is 1.08 bits per heavy atom. The lowest BCUT2D eigenvalue weighted by Gasteiger charge is -2.40. The zero-order valence-corrected chi connectivity index (χ0v) is 54.9. The van der Waals surface area contributed by atoms with E-state index in [9.17, 15) is 34.5 Å². The molecule has 1 heterocycles. The van der Waals surface area contributed by atoms with Crippen LogP contribution < -0.4 is 0 Å². The summed E-state index contributed by atoms with van der Waals surface area (Å²) in [6, 6.07) is 0. The van der Waals surface area contributed by atoms with Crippen molar-refractivity contribution < 1.29 is 58.2 Å².